The number of Topliss-reactive ketones (excluding diaryl/α,β-unsaturated/α-hetero) is 2. The summed E-state index contributed by atoms with van der Waals surface area (Å²) >= 11 is 0. The first-order chi connectivity index (χ1) is 23.1. The lowest BCUT2D eigenvalue weighted by Crippen LogP contribution is -2.37. The van der Waals surface area contributed by atoms with Crippen LogP contribution in [-0.2, 0) is 27.4 Å². The number of ether oxygens (including phenoxy) is 3. The number of rotatable bonds is 15. The molecule has 13 heteroatoms. The van der Waals surface area contributed by atoms with E-state index >= 15 is 0 Å². The fourth-order valence-corrected chi connectivity index (χ4v) is 5.27. The van der Waals surface area contributed by atoms with Gasteiger partial charge in [-0.15, -0.1) is 0 Å². The molecule has 0 spiro atoms. The Hall–Kier alpha value is -4.78. The molecule has 264 valence electrons. The van der Waals surface area contributed by atoms with E-state index in [4.69, 9.17) is 14.2 Å². The van der Waals surface area contributed by atoms with Crippen LogP contribution in [0.5, 0.6) is 11.5 Å². The minimum absolute atomic E-state index is 0.0535. The molecule has 0 saturated carbocycles. The van der Waals surface area contributed by atoms with Crippen LogP contribution in [0.2, 0.25) is 0 Å². The van der Waals surface area contributed by atoms with Gasteiger partial charge >= 0.3 is 0 Å². The van der Waals surface area contributed by atoms with E-state index in [2.05, 4.69) is 15.5 Å². The molecule has 0 bridgehead atoms. The van der Waals surface area contributed by atoms with Crippen molar-refractivity contribution in [1.29, 1.82) is 0 Å². The average Bonchev–Trinajstić information content (AvgIpc) is 3.59. The Kier molecular flexibility index (Phi) is 11.5. The van der Waals surface area contributed by atoms with E-state index in [-0.39, 0.29) is 56.2 Å². The molecule has 0 saturated heterocycles. The van der Waals surface area contributed by atoms with Crippen molar-refractivity contribution < 1.29 is 33.4 Å². The number of amides is 2. The molecular formula is C36H48N6O7. The average molecular weight is 677 g/mol. The summed E-state index contributed by atoms with van der Waals surface area (Å²) in [4.78, 5) is 54.1. The van der Waals surface area contributed by atoms with Crippen LogP contribution in [0, 0.1) is 10.8 Å². The summed E-state index contributed by atoms with van der Waals surface area (Å²) < 4.78 is 19.5. The van der Waals surface area contributed by atoms with Gasteiger partial charge in [0.05, 0.1) is 38.5 Å². The molecule has 1 N–H and O–H groups in total. The number of carbonyl (C=O) groups is 4. The molecule has 0 fully saturated rings. The Morgan fingerprint density at radius 1 is 0.755 bits per heavy atom. The van der Waals surface area contributed by atoms with Crippen molar-refractivity contribution in [3.05, 3.63) is 47.8 Å². The van der Waals surface area contributed by atoms with Crippen LogP contribution in [0.25, 0.3) is 21.8 Å². The van der Waals surface area contributed by atoms with E-state index in [0.717, 1.165) is 0 Å². The molecule has 4 rings (SSSR count). The molecule has 0 aliphatic carbocycles. The quantitative estimate of drug-likeness (QED) is 0.142. The summed E-state index contributed by atoms with van der Waals surface area (Å²) in [5.74, 6) is 0.503. The lowest BCUT2D eigenvalue weighted by atomic mass is 9.88. The molecule has 4 aromatic rings. The van der Waals surface area contributed by atoms with Gasteiger partial charge in [-0.05, 0) is 31.2 Å². The van der Waals surface area contributed by atoms with Crippen LogP contribution in [0.3, 0.4) is 0 Å². The number of carbonyl (C=O) groups excluding carboxylic acids is 4. The lowest BCUT2D eigenvalue weighted by molar-refractivity contribution is -0.132. The summed E-state index contributed by atoms with van der Waals surface area (Å²) in [6.45, 7) is 14.3. The molecule has 0 atom stereocenters. The van der Waals surface area contributed by atoms with E-state index in [1.54, 1.807) is 60.2 Å². The van der Waals surface area contributed by atoms with Gasteiger partial charge < -0.3 is 24.4 Å². The number of methoxy groups -OCH3 is 2. The van der Waals surface area contributed by atoms with Crippen molar-refractivity contribution >= 4 is 45.2 Å². The Balaban J connectivity index is 1.31. The predicted octanol–water partition coefficient (Wildman–Crippen LogP) is 4.54. The normalized spacial score (nSPS) is 11.9. The molecule has 0 unspecified atom stereocenters. The van der Waals surface area contributed by atoms with Crippen molar-refractivity contribution in [1.82, 2.24) is 29.8 Å². The Bertz CT molecular complexity index is 1840. The van der Waals surface area contributed by atoms with E-state index in [1.165, 1.54) is 4.68 Å². The van der Waals surface area contributed by atoms with Crippen LogP contribution in [0.1, 0.15) is 69.4 Å². The van der Waals surface area contributed by atoms with Gasteiger partial charge in [0.2, 0.25) is 11.8 Å². The minimum atomic E-state index is -0.639. The van der Waals surface area contributed by atoms with E-state index in [1.807, 2.05) is 48.5 Å². The predicted molar refractivity (Wildman–Crippen MR) is 186 cm³/mol. The van der Waals surface area contributed by atoms with E-state index in [0.29, 0.717) is 57.8 Å². The van der Waals surface area contributed by atoms with Crippen molar-refractivity contribution in [2.45, 2.75) is 61.6 Å². The van der Waals surface area contributed by atoms with Crippen LogP contribution in [0.4, 0.5) is 0 Å². The zero-order chi connectivity index (χ0) is 36.1. The second-order valence-electron chi connectivity index (χ2n) is 13.9. The van der Waals surface area contributed by atoms with Gasteiger partial charge in [0.15, 0.2) is 11.6 Å². The smallest absolute Gasteiger partial charge is 0.244 e. The van der Waals surface area contributed by atoms with Gasteiger partial charge in [-0.1, -0.05) is 41.5 Å². The van der Waals surface area contributed by atoms with Crippen LogP contribution in [0.15, 0.2) is 36.4 Å². The monoisotopic (exact) mass is 676 g/mol. The Labute approximate surface area is 286 Å². The first-order valence-corrected chi connectivity index (χ1v) is 16.4. The zero-order valence-corrected chi connectivity index (χ0v) is 30.0. The summed E-state index contributed by atoms with van der Waals surface area (Å²) in [6.07, 6.45) is 0. The maximum atomic E-state index is 13.3. The van der Waals surface area contributed by atoms with Crippen molar-refractivity contribution in [3.63, 3.8) is 0 Å². The van der Waals surface area contributed by atoms with Crippen LogP contribution in [-0.4, -0.2) is 94.9 Å². The molecule has 49 heavy (non-hydrogen) atoms. The fraction of sp³-hybridized carbons (Fsp3) is 0.500. The molecule has 2 aromatic heterocycles. The number of aromatic nitrogens is 4. The van der Waals surface area contributed by atoms with Gasteiger partial charge in [-0.3, -0.25) is 28.5 Å². The molecule has 13 nitrogen and oxygen atoms in total. The molecule has 0 aliphatic rings. The first kappa shape index (κ1) is 37.0. The molecular weight excluding hydrogens is 628 g/mol. The van der Waals surface area contributed by atoms with E-state index < -0.39 is 10.8 Å². The second kappa shape index (κ2) is 15.2. The van der Waals surface area contributed by atoms with Crippen molar-refractivity contribution in [3.8, 4) is 11.5 Å². The van der Waals surface area contributed by atoms with Gasteiger partial charge in [0.25, 0.3) is 0 Å². The van der Waals surface area contributed by atoms with Crippen LogP contribution >= 0.6 is 0 Å². The van der Waals surface area contributed by atoms with Gasteiger partial charge in [0, 0.05) is 53.4 Å². The number of nitrogens with zero attached hydrogens (tertiary/aromatic N) is 5. The fourth-order valence-electron chi connectivity index (χ4n) is 5.27. The molecule has 0 aliphatic heterocycles. The largest absolute Gasteiger partial charge is 0.497 e. The van der Waals surface area contributed by atoms with Gasteiger partial charge in [-0.25, -0.2) is 0 Å². The number of hydrogen-bond donors (Lipinski definition) is 1. The molecule has 2 heterocycles. The first-order valence-electron chi connectivity index (χ1n) is 16.4. The number of likely N-dealkylation sites (N-methyl/N-ethyl adjacent to an activating group) is 1. The standard InChI is InChI=1S/C36H48N6O7/c1-10-40(30(44)22-42-28-20-24(48-9)12-14-26(28)32(39-42)34(46)36(5,6)7)16-18-49-17-15-37-29(43)21-41-27-19-23(47-8)11-13-25(27)31(38-41)33(45)35(2,3)4/h11-14,19-20H,10,15-18,21-22H2,1-9H3,(H,37,43). The maximum Gasteiger partial charge on any atom is 0.244 e. The highest BCUT2D eigenvalue weighted by atomic mass is 16.5. The number of fused-ring (bicyclic) bond motifs is 2. The number of nitrogens with one attached hydrogen (secondary N) is 1. The Morgan fingerprint density at radius 3 is 1.69 bits per heavy atom. The highest BCUT2D eigenvalue weighted by molar-refractivity contribution is 6.09. The summed E-state index contributed by atoms with van der Waals surface area (Å²) in [6, 6.07) is 10.7. The van der Waals surface area contributed by atoms with Crippen LogP contribution < -0.4 is 14.8 Å². The summed E-state index contributed by atoms with van der Waals surface area (Å²) in [5, 5.41) is 13.2. The third-order valence-electron chi connectivity index (χ3n) is 8.10. The minimum Gasteiger partial charge on any atom is -0.497 e. The number of benzene rings is 2. The highest BCUT2D eigenvalue weighted by Crippen LogP contribution is 2.30. The second-order valence-corrected chi connectivity index (χ2v) is 13.9. The highest BCUT2D eigenvalue weighted by Gasteiger charge is 2.30. The third kappa shape index (κ3) is 8.63. The lowest BCUT2D eigenvalue weighted by Gasteiger charge is -2.21. The summed E-state index contributed by atoms with van der Waals surface area (Å²) in [5.41, 5.74) is 0.632. The molecule has 0 radical (unpaired) electrons. The van der Waals surface area contributed by atoms with E-state index in [9.17, 15) is 19.2 Å². The maximum absolute atomic E-state index is 13.3. The number of hydrogen-bond acceptors (Lipinski definition) is 9. The Morgan fingerprint density at radius 2 is 1.24 bits per heavy atom. The SMILES string of the molecule is CCN(CCOCCNC(=O)Cn1nc(C(=O)C(C)(C)C)c2ccc(OC)cc21)C(=O)Cn1nc(C(=O)C(C)(C)C)c2ccc(OC)cc21. The number of ketones is 2. The third-order valence-corrected chi connectivity index (χ3v) is 8.10. The van der Waals surface area contributed by atoms with Gasteiger partial charge in [-0.2, -0.15) is 10.2 Å². The summed E-state index contributed by atoms with van der Waals surface area (Å²) in [7, 11) is 3.11. The van der Waals surface area contributed by atoms with Crippen molar-refractivity contribution in [2.75, 3.05) is 47.1 Å². The van der Waals surface area contributed by atoms with Gasteiger partial charge in [0.1, 0.15) is 36.0 Å². The van der Waals surface area contributed by atoms with Crippen molar-refractivity contribution in [2.24, 2.45) is 10.8 Å². The molecule has 2 amide bonds. The molecule has 2 aromatic carbocycles. The topological polar surface area (TPSA) is 147 Å². The zero-order valence-electron chi connectivity index (χ0n) is 30.0.